The molecule has 1 aromatic carbocycles. The molecule has 4 nitrogen and oxygen atoms in total. The standard InChI is InChI=1S/C13H13Cl2NO3/c1-7-5-16(6-11(7)13(18)19)12(17)8-2-9(14)4-10(15)3-8/h2-4,7,11H,5-6H2,1H3,(H,18,19)/t7-,11-/m1/s1. The molecule has 1 heterocycles. The summed E-state index contributed by atoms with van der Waals surface area (Å²) in [5.41, 5.74) is 0.385. The molecule has 19 heavy (non-hydrogen) atoms. The van der Waals surface area contributed by atoms with Crippen LogP contribution in [-0.4, -0.2) is 35.0 Å². The van der Waals surface area contributed by atoms with Crippen molar-refractivity contribution in [1.82, 2.24) is 4.90 Å². The number of nitrogens with zero attached hydrogens (tertiary/aromatic N) is 1. The molecule has 1 aliphatic heterocycles. The van der Waals surface area contributed by atoms with Crippen LogP contribution in [0.1, 0.15) is 17.3 Å². The Balaban J connectivity index is 2.19. The summed E-state index contributed by atoms with van der Waals surface area (Å²) in [6.45, 7) is 2.48. The maximum Gasteiger partial charge on any atom is 0.308 e. The van der Waals surface area contributed by atoms with Gasteiger partial charge in [-0.3, -0.25) is 9.59 Å². The summed E-state index contributed by atoms with van der Waals surface area (Å²) in [7, 11) is 0. The van der Waals surface area contributed by atoms with E-state index >= 15 is 0 Å². The highest BCUT2D eigenvalue weighted by Gasteiger charge is 2.37. The van der Waals surface area contributed by atoms with Gasteiger partial charge in [-0.2, -0.15) is 0 Å². The normalized spacial score (nSPS) is 22.6. The molecule has 0 aliphatic carbocycles. The zero-order valence-corrected chi connectivity index (χ0v) is 11.8. The van der Waals surface area contributed by atoms with Gasteiger partial charge in [-0.05, 0) is 24.1 Å². The Morgan fingerprint density at radius 3 is 2.26 bits per heavy atom. The van der Waals surface area contributed by atoms with Crippen molar-refractivity contribution in [3.8, 4) is 0 Å². The number of halogens is 2. The minimum Gasteiger partial charge on any atom is -0.481 e. The molecule has 1 amide bonds. The predicted octanol–water partition coefficient (Wildman–Crippen LogP) is 2.79. The van der Waals surface area contributed by atoms with Crippen molar-refractivity contribution < 1.29 is 14.7 Å². The van der Waals surface area contributed by atoms with Crippen molar-refractivity contribution in [3.63, 3.8) is 0 Å². The molecule has 1 N–H and O–H groups in total. The third-order valence-corrected chi connectivity index (χ3v) is 3.76. The molecule has 1 saturated heterocycles. The Hall–Kier alpha value is -1.26. The molecule has 1 fully saturated rings. The van der Waals surface area contributed by atoms with Gasteiger partial charge in [-0.25, -0.2) is 0 Å². The quantitative estimate of drug-likeness (QED) is 0.914. The number of aliphatic carboxylic acids is 1. The van der Waals surface area contributed by atoms with Crippen molar-refractivity contribution >= 4 is 35.1 Å². The zero-order chi connectivity index (χ0) is 14.2. The molecule has 6 heteroatoms. The van der Waals surface area contributed by atoms with Gasteiger partial charge in [-0.15, -0.1) is 0 Å². The summed E-state index contributed by atoms with van der Waals surface area (Å²) < 4.78 is 0. The van der Waals surface area contributed by atoms with Crippen LogP contribution in [0.25, 0.3) is 0 Å². The largest absolute Gasteiger partial charge is 0.481 e. The topological polar surface area (TPSA) is 57.6 Å². The summed E-state index contributed by atoms with van der Waals surface area (Å²) in [5, 5.41) is 9.84. The fraction of sp³-hybridized carbons (Fsp3) is 0.385. The second kappa shape index (κ2) is 5.39. The first-order valence-corrected chi connectivity index (χ1v) is 6.62. The van der Waals surface area contributed by atoms with E-state index in [1.165, 1.54) is 17.0 Å². The summed E-state index contributed by atoms with van der Waals surface area (Å²) in [4.78, 5) is 24.9. The van der Waals surface area contributed by atoms with E-state index in [2.05, 4.69) is 0 Å². The van der Waals surface area contributed by atoms with Gasteiger partial charge in [0.15, 0.2) is 0 Å². The van der Waals surface area contributed by atoms with E-state index in [0.29, 0.717) is 22.2 Å². The van der Waals surface area contributed by atoms with Crippen LogP contribution in [0.5, 0.6) is 0 Å². The molecule has 0 spiro atoms. The van der Waals surface area contributed by atoms with Gasteiger partial charge in [0.05, 0.1) is 5.92 Å². The molecule has 102 valence electrons. The molecule has 0 unspecified atom stereocenters. The summed E-state index contributed by atoms with van der Waals surface area (Å²) in [6.07, 6.45) is 0. The number of rotatable bonds is 2. The summed E-state index contributed by atoms with van der Waals surface area (Å²) in [6, 6.07) is 4.62. The van der Waals surface area contributed by atoms with E-state index in [0.717, 1.165) is 0 Å². The number of amides is 1. The van der Waals surface area contributed by atoms with Gasteiger partial charge >= 0.3 is 5.97 Å². The first kappa shape index (κ1) is 14.2. The van der Waals surface area contributed by atoms with Crippen LogP contribution in [0, 0.1) is 11.8 Å². The maximum atomic E-state index is 12.3. The molecule has 1 aliphatic rings. The molecule has 1 aromatic rings. The van der Waals surface area contributed by atoms with Crippen LogP contribution >= 0.6 is 23.2 Å². The number of likely N-dealkylation sites (tertiary alicyclic amines) is 1. The molecular formula is C13H13Cl2NO3. The van der Waals surface area contributed by atoms with Crippen LogP contribution in [0.2, 0.25) is 10.0 Å². The third-order valence-electron chi connectivity index (χ3n) is 3.33. The van der Waals surface area contributed by atoms with Crippen LogP contribution in [0.4, 0.5) is 0 Å². The minimum absolute atomic E-state index is 0.0592. The van der Waals surface area contributed by atoms with Gasteiger partial charge in [-0.1, -0.05) is 30.1 Å². The van der Waals surface area contributed by atoms with Crippen molar-refractivity contribution in [2.75, 3.05) is 13.1 Å². The first-order valence-electron chi connectivity index (χ1n) is 5.86. The first-order chi connectivity index (χ1) is 8.88. The van der Waals surface area contributed by atoms with Crippen molar-refractivity contribution in [2.45, 2.75) is 6.92 Å². The molecule has 2 atom stereocenters. The fourth-order valence-corrected chi connectivity index (χ4v) is 2.84. The second-order valence-corrected chi connectivity index (χ2v) is 5.66. The lowest BCUT2D eigenvalue weighted by molar-refractivity contribution is -0.142. The fourth-order valence-electron chi connectivity index (χ4n) is 2.31. The monoisotopic (exact) mass is 301 g/mol. The lowest BCUT2D eigenvalue weighted by Crippen LogP contribution is -2.29. The number of carbonyl (C=O) groups excluding carboxylic acids is 1. The van der Waals surface area contributed by atoms with E-state index in [4.69, 9.17) is 28.3 Å². The summed E-state index contributed by atoms with van der Waals surface area (Å²) >= 11 is 11.7. The maximum absolute atomic E-state index is 12.3. The van der Waals surface area contributed by atoms with E-state index in [-0.39, 0.29) is 18.4 Å². The van der Waals surface area contributed by atoms with Crippen LogP contribution in [0.3, 0.4) is 0 Å². The van der Waals surface area contributed by atoms with Gasteiger partial charge in [0.25, 0.3) is 5.91 Å². The smallest absolute Gasteiger partial charge is 0.308 e. The minimum atomic E-state index is -0.869. The SMILES string of the molecule is C[C@@H]1CN(C(=O)c2cc(Cl)cc(Cl)c2)C[C@H]1C(=O)O. The summed E-state index contributed by atoms with van der Waals surface area (Å²) in [5.74, 6) is -1.68. The molecule has 0 bridgehead atoms. The molecule has 0 aromatic heterocycles. The number of hydrogen-bond donors (Lipinski definition) is 1. The lowest BCUT2D eigenvalue weighted by Gasteiger charge is -2.16. The number of benzene rings is 1. The molecule has 2 rings (SSSR count). The third kappa shape index (κ3) is 3.01. The molecule has 0 radical (unpaired) electrons. The Morgan fingerprint density at radius 2 is 1.79 bits per heavy atom. The van der Waals surface area contributed by atoms with Crippen molar-refractivity contribution in [2.24, 2.45) is 11.8 Å². The Labute approximate surface area is 120 Å². The van der Waals surface area contributed by atoms with Crippen molar-refractivity contribution in [1.29, 1.82) is 0 Å². The van der Waals surface area contributed by atoms with Crippen LogP contribution in [-0.2, 0) is 4.79 Å². The number of hydrogen-bond acceptors (Lipinski definition) is 2. The van der Waals surface area contributed by atoms with Gasteiger partial charge in [0.1, 0.15) is 0 Å². The van der Waals surface area contributed by atoms with E-state index in [1.54, 1.807) is 6.07 Å². The average Bonchev–Trinajstić information content (AvgIpc) is 2.69. The van der Waals surface area contributed by atoms with Crippen LogP contribution < -0.4 is 0 Å². The predicted molar refractivity (Wildman–Crippen MR) is 72.7 cm³/mol. The number of carboxylic acid groups (broad SMARTS) is 1. The Bertz CT molecular complexity index is 512. The highest BCUT2D eigenvalue weighted by atomic mass is 35.5. The highest BCUT2D eigenvalue weighted by molar-refractivity contribution is 6.35. The van der Waals surface area contributed by atoms with Gasteiger partial charge < -0.3 is 10.0 Å². The van der Waals surface area contributed by atoms with E-state index < -0.39 is 11.9 Å². The number of carbonyl (C=O) groups is 2. The molecular weight excluding hydrogens is 289 g/mol. The number of carboxylic acids is 1. The lowest BCUT2D eigenvalue weighted by atomic mass is 9.99. The Morgan fingerprint density at radius 1 is 1.21 bits per heavy atom. The van der Waals surface area contributed by atoms with Crippen molar-refractivity contribution in [3.05, 3.63) is 33.8 Å². The highest BCUT2D eigenvalue weighted by Crippen LogP contribution is 2.26. The second-order valence-electron chi connectivity index (χ2n) is 4.79. The van der Waals surface area contributed by atoms with Gasteiger partial charge in [0.2, 0.25) is 0 Å². The van der Waals surface area contributed by atoms with Gasteiger partial charge in [0, 0.05) is 28.7 Å². The molecule has 0 saturated carbocycles. The van der Waals surface area contributed by atoms with E-state index in [1.807, 2.05) is 6.92 Å². The van der Waals surface area contributed by atoms with Crippen LogP contribution in [0.15, 0.2) is 18.2 Å². The van der Waals surface area contributed by atoms with E-state index in [9.17, 15) is 9.59 Å². The Kier molecular flexibility index (Phi) is 4.02. The average molecular weight is 302 g/mol. The zero-order valence-electron chi connectivity index (χ0n) is 10.3.